The van der Waals surface area contributed by atoms with Gasteiger partial charge < -0.3 is 0 Å². The van der Waals surface area contributed by atoms with E-state index in [1.54, 1.807) is 12.1 Å². The van der Waals surface area contributed by atoms with Crippen LogP contribution in [0.1, 0.15) is 82.8 Å². The van der Waals surface area contributed by atoms with Crippen molar-refractivity contribution >= 4 is 63.3 Å². The van der Waals surface area contributed by atoms with Crippen LogP contribution in [0.15, 0.2) is 103 Å². The number of Topliss-reactive ketones (excluding diaryl/α,β-unsaturated/α-hetero) is 1. The van der Waals surface area contributed by atoms with Gasteiger partial charge in [0.2, 0.25) is 6.17 Å². The lowest BCUT2D eigenvalue weighted by atomic mass is 9.84. The standard InChI is InChI=1S/C53H56Cl4N4O/c1-3-35-17-20-39-26-41(27-47(55)45(39)25-35)50-32-61(60-23-9-15-40(31-60)37-12-5-4-6-13-37,33-51(59-50)52(62)30-46-48(56)28-42(54)29-49(46)57)53-44-16-8-14-38(43(44)21-22-58-53)19-18-36-11-7-10-34(2)24-36/h4-8,10-14,16-17,20,24-26,28-29,40-41,50-51,53,59H,3,9,15,18-19,21-23,27,30-33H2,1-2H3/q+1. The lowest BCUT2D eigenvalue weighted by Crippen LogP contribution is -2.77. The molecule has 6 unspecified atom stereocenters. The Kier molecular flexibility index (Phi) is 13.4. The summed E-state index contributed by atoms with van der Waals surface area (Å²) in [6.45, 7) is 8.21. The number of piperidine rings is 1. The van der Waals surface area contributed by atoms with Gasteiger partial charge in [-0.15, -0.1) is 0 Å². The maximum Gasteiger partial charge on any atom is 0.202 e. The van der Waals surface area contributed by atoms with Gasteiger partial charge in [0.25, 0.3) is 0 Å². The monoisotopic (exact) mass is 904 g/mol. The molecule has 3 heterocycles. The first-order valence-electron chi connectivity index (χ1n) is 22.5. The zero-order valence-electron chi connectivity index (χ0n) is 35.7. The normalized spacial score (nSPS) is 25.1. The van der Waals surface area contributed by atoms with E-state index in [4.69, 9.17) is 51.7 Å². The molecule has 4 aliphatic rings. The van der Waals surface area contributed by atoms with Crippen molar-refractivity contribution in [1.82, 2.24) is 15.6 Å². The Balaban J connectivity index is 1.16. The molecule has 1 aliphatic carbocycles. The second-order valence-corrected chi connectivity index (χ2v) is 19.8. The number of carbonyl (C=O) groups is 1. The fourth-order valence-corrected chi connectivity index (χ4v) is 12.2. The Hall–Kier alpha value is -3.49. The first kappa shape index (κ1) is 43.7. The molecule has 0 bridgehead atoms. The Morgan fingerprint density at radius 1 is 0.871 bits per heavy atom. The van der Waals surface area contributed by atoms with Crippen LogP contribution in [0.3, 0.4) is 0 Å². The smallest absolute Gasteiger partial charge is 0.202 e. The summed E-state index contributed by atoms with van der Waals surface area (Å²) in [5.74, 6) is 0.472. The minimum atomic E-state index is -0.505. The second kappa shape index (κ2) is 18.9. The molecule has 0 saturated carbocycles. The Bertz CT molecular complexity index is 2560. The molecule has 0 aromatic heterocycles. The lowest BCUT2D eigenvalue weighted by molar-refractivity contribution is -1.07. The first-order chi connectivity index (χ1) is 30.1. The molecule has 0 spiro atoms. The van der Waals surface area contributed by atoms with Crippen LogP contribution in [-0.4, -0.2) is 60.2 Å². The van der Waals surface area contributed by atoms with Gasteiger partial charge in [-0.05, 0) is 108 Å². The molecule has 9 rings (SSSR count). The van der Waals surface area contributed by atoms with Gasteiger partial charge in [-0.2, -0.15) is 10.3 Å². The van der Waals surface area contributed by atoms with Crippen LogP contribution in [-0.2, 0) is 36.9 Å². The number of ketones is 1. The molecular weight excluding hydrogens is 850 g/mol. The zero-order chi connectivity index (χ0) is 43.0. The van der Waals surface area contributed by atoms with E-state index in [-0.39, 0.29) is 30.3 Å². The summed E-state index contributed by atoms with van der Waals surface area (Å²) < 4.78 is 0.567. The van der Waals surface area contributed by atoms with E-state index in [0.29, 0.717) is 44.1 Å². The van der Waals surface area contributed by atoms with Crippen LogP contribution >= 0.6 is 46.4 Å². The van der Waals surface area contributed by atoms with Gasteiger partial charge in [-0.25, -0.2) is 4.59 Å². The number of quaternary nitrogens is 1. The predicted molar refractivity (Wildman–Crippen MR) is 256 cm³/mol. The minimum absolute atomic E-state index is 0.0525. The van der Waals surface area contributed by atoms with Gasteiger partial charge in [0.15, 0.2) is 5.78 Å². The summed E-state index contributed by atoms with van der Waals surface area (Å²) in [4.78, 5) is 15.1. The number of nitrogens with one attached hydrogen (secondary N) is 1. The van der Waals surface area contributed by atoms with Gasteiger partial charge in [0.05, 0.1) is 12.6 Å². The maximum atomic E-state index is 15.1. The Labute approximate surface area is 387 Å². The van der Waals surface area contributed by atoms with Gasteiger partial charge in [0, 0.05) is 57.0 Å². The summed E-state index contributed by atoms with van der Waals surface area (Å²) in [5.41, 5.74) is 10.0. The van der Waals surface area contributed by atoms with Crippen LogP contribution in [0, 0.1) is 12.8 Å². The quantitative estimate of drug-likeness (QED) is 0.134. The molecule has 321 valence electrons. The summed E-state index contributed by atoms with van der Waals surface area (Å²) in [7, 11) is 0. The summed E-state index contributed by atoms with van der Waals surface area (Å²) >= 11 is 27.2. The maximum absolute atomic E-state index is 15.1. The topological polar surface area (TPSA) is 46.4 Å². The number of hydrogen-bond donors (Lipinski definition) is 1. The summed E-state index contributed by atoms with van der Waals surface area (Å²) in [6, 6.07) is 36.2. The molecule has 2 saturated heterocycles. The van der Waals surface area contributed by atoms with Gasteiger partial charge >= 0.3 is 0 Å². The molecule has 1 radical (unpaired) electrons. The van der Waals surface area contributed by atoms with Crippen molar-refractivity contribution in [2.45, 2.75) is 89.4 Å². The zero-order valence-corrected chi connectivity index (χ0v) is 38.8. The van der Waals surface area contributed by atoms with E-state index >= 15 is 4.79 Å². The Morgan fingerprint density at radius 3 is 2.47 bits per heavy atom. The van der Waals surface area contributed by atoms with Crippen molar-refractivity contribution in [1.29, 1.82) is 0 Å². The lowest BCUT2D eigenvalue weighted by Gasteiger charge is -2.58. The van der Waals surface area contributed by atoms with E-state index in [1.807, 2.05) is 0 Å². The van der Waals surface area contributed by atoms with E-state index in [9.17, 15) is 0 Å². The molecular formula is C53H56Cl4N4O+. The largest absolute Gasteiger partial charge is 0.297 e. The number of carbonyl (C=O) groups excluding carboxylic acids is 1. The number of hydrogen-bond acceptors (Lipinski definition) is 3. The third-order valence-electron chi connectivity index (χ3n) is 14.1. The van der Waals surface area contributed by atoms with Crippen LogP contribution in [0.4, 0.5) is 0 Å². The van der Waals surface area contributed by atoms with E-state index in [1.165, 1.54) is 38.9 Å². The molecule has 2 fully saturated rings. The van der Waals surface area contributed by atoms with Crippen LogP contribution < -0.4 is 21.1 Å². The number of benzene rings is 5. The number of fused-ring (bicyclic) bond motifs is 2. The van der Waals surface area contributed by atoms with E-state index in [0.717, 1.165) is 80.2 Å². The molecule has 5 nitrogen and oxygen atoms in total. The molecule has 1 N–H and O–H groups in total. The minimum Gasteiger partial charge on any atom is -0.297 e. The SMILES string of the molecule is CCc1ccc2c(c1)=C(Cl)CC(C1C[N+](C3[N]CCc4c(CCc5cccc(C)c5)cccc43)(N3CCCC(c4ccccc4)C3)CC(C(=O)Cc3c(Cl)cc(Cl)cc3Cl)N1)C=2. The molecule has 5 aromatic rings. The van der Waals surface area contributed by atoms with Crippen LogP contribution in [0.2, 0.25) is 15.1 Å². The number of rotatable bonds is 11. The predicted octanol–water partition coefficient (Wildman–Crippen LogP) is 10.1. The average molecular weight is 907 g/mol. The van der Waals surface area contributed by atoms with Crippen molar-refractivity contribution in [3.8, 4) is 0 Å². The average Bonchev–Trinajstić information content (AvgIpc) is 3.29. The van der Waals surface area contributed by atoms with E-state index in [2.05, 4.69) is 121 Å². The highest BCUT2D eigenvalue weighted by Gasteiger charge is 2.55. The third-order valence-corrected chi connectivity index (χ3v) is 15.4. The van der Waals surface area contributed by atoms with E-state index < -0.39 is 6.04 Å². The van der Waals surface area contributed by atoms with Gasteiger partial charge in [0.1, 0.15) is 19.1 Å². The fraction of sp³-hybridized carbons (Fsp3) is 0.377. The second-order valence-electron chi connectivity index (χ2n) is 18.1. The van der Waals surface area contributed by atoms with Crippen molar-refractivity contribution in [3.05, 3.63) is 173 Å². The van der Waals surface area contributed by atoms with Crippen molar-refractivity contribution < 1.29 is 9.39 Å². The van der Waals surface area contributed by atoms with Crippen LogP contribution in [0.5, 0.6) is 0 Å². The molecule has 9 heteroatoms. The number of aryl methyl sites for hydroxylation is 4. The van der Waals surface area contributed by atoms with Gasteiger partial charge in [-0.1, -0.05) is 156 Å². The highest BCUT2D eigenvalue weighted by Crippen LogP contribution is 2.43. The van der Waals surface area contributed by atoms with Gasteiger partial charge in [-0.3, -0.25) is 10.1 Å². The number of halogens is 4. The number of piperazine rings is 1. The van der Waals surface area contributed by atoms with Crippen molar-refractivity contribution in [2.75, 3.05) is 32.7 Å². The van der Waals surface area contributed by atoms with Crippen molar-refractivity contribution in [2.24, 2.45) is 5.92 Å². The third kappa shape index (κ3) is 9.08. The summed E-state index contributed by atoms with van der Waals surface area (Å²) in [6.07, 6.45) is 9.02. The summed E-state index contributed by atoms with van der Waals surface area (Å²) in [5, 5.41) is 16.8. The first-order valence-corrected chi connectivity index (χ1v) is 24.0. The van der Waals surface area contributed by atoms with Crippen molar-refractivity contribution in [3.63, 3.8) is 0 Å². The highest BCUT2D eigenvalue weighted by molar-refractivity contribution is 6.45. The molecule has 0 amide bonds. The Morgan fingerprint density at radius 2 is 1.68 bits per heavy atom. The molecule has 62 heavy (non-hydrogen) atoms. The molecule has 3 aliphatic heterocycles. The fourth-order valence-electron chi connectivity index (χ4n) is 10.9. The van der Waals surface area contributed by atoms with Crippen LogP contribution in [0.25, 0.3) is 11.1 Å². The highest BCUT2D eigenvalue weighted by atomic mass is 35.5. The molecule has 5 aromatic carbocycles. The molecule has 6 atom stereocenters. The number of nitrogens with zero attached hydrogens (tertiary/aromatic N) is 3.